The van der Waals surface area contributed by atoms with Gasteiger partial charge in [-0.3, -0.25) is 15.0 Å². The fraction of sp³-hybridized carbons (Fsp3) is 0.400. The van der Waals surface area contributed by atoms with Crippen LogP contribution in [-0.2, 0) is 6.54 Å². The molecule has 9 heteroatoms. The number of benzene rings is 1. The monoisotopic (exact) mass is 336 g/mol. The molecule has 1 aromatic heterocycles. The van der Waals surface area contributed by atoms with Gasteiger partial charge in [0.25, 0.3) is 5.69 Å². The molecule has 128 valence electrons. The van der Waals surface area contributed by atoms with E-state index < -0.39 is 10.7 Å². The number of hydrogen-bond donors (Lipinski definition) is 0. The summed E-state index contributed by atoms with van der Waals surface area (Å²) in [6.07, 6.45) is 1.53. The second-order valence-corrected chi connectivity index (χ2v) is 5.49. The van der Waals surface area contributed by atoms with Crippen molar-refractivity contribution in [1.82, 2.24) is 10.1 Å². The van der Waals surface area contributed by atoms with Crippen LogP contribution in [0.1, 0.15) is 5.69 Å². The van der Waals surface area contributed by atoms with Crippen molar-refractivity contribution in [2.75, 3.05) is 38.2 Å². The maximum Gasteiger partial charge on any atom is 0.295 e. The molecule has 1 aliphatic rings. The van der Waals surface area contributed by atoms with Gasteiger partial charge in [-0.2, -0.15) is 0 Å². The minimum absolute atomic E-state index is 0.000580. The molecule has 3 rings (SSSR count). The van der Waals surface area contributed by atoms with E-state index in [0.717, 1.165) is 11.8 Å². The van der Waals surface area contributed by atoms with Gasteiger partial charge in [-0.25, -0.2) is 4.39 Å². The molecule has 0 aliphatic carbocycles. The first-order valence-corrected chi connectivity index (χ1v) is 7.47. The summed E-state index contributed by atoms with van der Waals surface area (Å²) in [5.41, 5.74) is 0.968. The molecule has 2 heterocycles. The zero-order valence-corrected chi connectivity index (χ0v) is 13.1. The van der Waals surface area contributed by atoms with E-state index in [-0.39, 0.29) is 11.4 Å². The number of nitro benzene ring substituents is 1. The molecule has 0 radical (unpaired) electrons. The number of piperazine rings is 1. The van der Waals surface area contributed by atoms with Gasteiger partial charge in [0.2, 0.25) is 0 Å². The lowest BCUT2D eigenvalue weighted by Gasteiger charge is -2.35. The van der Waals surface area contributed by atoms with Crippen molar-refractivity contribution >= 4 is 11.4 Å². The zero-order valence-electron chi connectivity index (χ0n) is 13.1. The maximum absolute atomic E-state index is 13.8. The molecular weight excluding hydrogens is 319 g/mol. The Kier molecular flexibility index (Phi) is 4.61. The predicted octanol–water partition coefficient (Wildman–Crippen LogP) is 2.05. The maximum atomic E-state index is 13.8. The first kappa shape index (κ1) is 16.2. The number of nitrogens with zero attached hydrogens (tertiary/aromatic N) is 4. The van der Waals surface area contributed by atoms with Crippen LogP contribution in [-0.4, -0.2) is 48.3 Å². The molecule has 2 aromatic rings. The van der Waals surface area contributed by atoms with Crippen molar-refractivity contribution in [1.29, 1.82) is 0 Å². The first-order valence-electron chi connectivity index (χ1n) is 7.47. The average molecular weight is 336 g/mol. The van der Waals surface area contributed by atoms with Crippen LogP contribution in [0.5, 0.6) is 5.75 Å². The van der Waals surface area contributed by atoms with Crippen molar-refractivity contribution in [3.63, 3.8) is 0 Å². The molecule has 1 aliphatic heterocycles. The van der Waals surface area contributed by atoms with Gasteiger partial charge in [0.15, 0.2) is 11.6 Å². The molecular formula is C15H17FN4O4. The number of methoxy groups -OCH3 is 1. The zero-order chi connectivity index (χ0) is 17.1. The molecule has 0 N–H and O–H groups in total. The van der Waals surface area contributed by atoms with Gasteiger partial charge in [0, 0.05) is 44.9 Å². The SMILES string of the molecule is COc1cc(N2CCN(Cc3ccon3)CC2)c([N+](=O)[O-])cc1F. The van der Waals surface area contributed by atoms with Gasteiger partial charge in [-0.05, 0) is 0 Å². The Morgan fingerprint density at radius 3 is 2.71 bits per heavy atom. The van der Waals surface area contributed by atoms with Crippen molar-refractivity contribution in [3.8, 4) is 5.75 Å². The smallest absolute Gasteiger partial charge is 0.295 e. The summed E-state index contributed by atoms with van der Waals surface area (Å²) in [5.74, 6) is -0.738. The van der Waals surface area contributed by atoms with E-state index in [1.165, 1.54) is 19.4 Å². The molecule has 0 unspecified atom stereocenters. The van der Waals surface area contributed by atoms with Crippen LogP contribution in [0.3, 0.4) is 0 Å². The molecule has 0 spiro atoms. The van der Waals surface area contributed by atoms with Crippen molar-refractivity contribution < 1.29 is 18.6 Å². The summed E-state index contributed by atoms with van der Waals surface area (Å²) in [4.78, 5) is 14.7. The van der Waals surface area contributed by atoms with Gasteiger partial charge in [0.1, 0.15) is 12.0 Å². The number of rotatable bonds is 5. The van der Waals surface area contributed by atoms with E-state index in [0.29, 0.717) is 38.4 Å². The molecule has 1 fully saturated rings. The first-order chi connectivity index (χ1) is 11.6. The van der Waals surface area contributed by atoms with E-state index >= 15 is 0 Å². The summed E-state index contributed by atoms with van der Waals surface area (Å²) in [7, 11) is 1.34. The van der Waals surface area contributed by atoms with Crippen molar-refractivity contribution in [2.45, 2.75) is 6.54 Å². The van der Waals surface area contributed by atoms with Gasteiger partial charge in [0.05, 0.1) is 23.8 Å². The van der Waals surface area contributed by atoms with E-state index in [4.69, 9.17) is 9.26 Å². The van der Waals surface area contributed by atoms with E-state index in [1.807, 2.05) is 11.0 Å². The number of aromatic nitrogens is 1. The van der Waals surface area contributed by atoms with Crippen LogP contribution in [0.4, 0.5) is 15.8 Å². The predicted molar refractivity (Wildman–Crippen MR) is 83.6 cm³/mol. The molecule has 0 saturated carbocycles. The standard InChI is InChI=1S/C15H17FN4O4/c1-23-15-9-13(14(20(21)22)8-12(15)16)19-5-3-18(4-6-19)10-11-2-7-24-17-11/h2,7-9H,3-6,10H2,1H3. The van der Waals surface area contributed by atoms with Gasteiger partial charge in [-0.1, -0.05) is 5.16 Å². The van der Waals surface area contributed by atoms with E-state index in [9.17, 15) is 14.5 Å². The Bertz CT molecular complexity index is 715. The van der Waals surface area contributed by atoms with Gasteiger partial charge in [-0.15, -0.1) is 0 Å². The Balaban J connectivity index is 1.74. The summed E-state index contributed by atoms with van der Waals surface area (Å²) in [5, 5.41) is 15.1. The number of ether oxygens (including phenoxy) is 1. The topological polar surface area (TPSA) is 84.9 Å². The van der Waals surface area contributed by atoms with Gasteiger partial charge < -0.3 is 14.2 Å². The fourth-order valence-corrected chi connectivity index (χ4v) is 2.78. The highest BCUT2D eigenvalue weighted by Gasteiger charge is 2.26. The number of nitro groups is 1. The van der Waals surface area contributed by atoms with Gasteiger partial charge >= 0.3 is 0 Å². The number of anilines is 1. The summed E-state index contributed by atoms with van der Waals surface area (Å²) in [6, 6.07) is 4.11. The molecule has 1 aromatic carbocycles. The number of halogens is 1. The molecule has 1 saturated heterocycles. The highest BCUT2D eigenvalue weighted by atomic mass is 19.1. The second kappa shape index (κ2) is 6.83. The average Bonchev–Trinajstić information content (AvgIpc) is 3.08. The third-order valence-corrected chi connectivity index (χ3v) is 4.04. The Hall–Kier alpha value is -2.68. The molecule has 8 nitrogen and oxygen atoms in total. The lowest BCUT2D eigenvalue weighted by atomic mass is 10.2. The normalized spacial score (nSPS) is 15.5. The Labute approximate surface area is 137 Å². The third-order valence-electron chi connectivity index (χ3n) is 4.04. The van der Waals surface area contributed by atoms with Crippen LogP contribution in [0.2, 0.25) is 0 Å². The van der Waals surface area contributed by atoms with Crippen molar-refractivity contribution in [3.05, 3.63) is 46.1 Å². The highest BCUT2D eigenvalue weighted by Crippen LogP contribution is 2.35. The lowest BCUT2D eigenvalue weighted by Crippen LogP contribution is -2.46. The molecule has 24 heavy (non-hydrogen) atoms. The van der Waals surface area contributed by atoms with Crippen LogP contribution in [0.15, 0.2) is 29.0 Å². The van der Waals surface area contributed by atoms with Crippen LogP contribution in [0.25, 0.3) is 0 Å². The minimum atomic E-state index is -0.738. The lowest BCUT2D eigenvalue weighted by molar-refractivity contribution is -0.384. The van der Waals surface area contributed by atoms with E-state index in [1.54, 1.807) is 0 Å². The molecule has 0 bridgehead atoms. The third kappa shape index (κ3) is 3.30. The highest BCUT2D eigenvalue weighted by molar-refractivity contribution is 5.66. The van der Waals surface area contributed by atoms with E-state index in [2.05, 4.69) is 10.1 Å². The number of hydrogen-bond acceptors (Lipinski definition) is 7. The molecule has 0 atom stereocenters. The molecule has 0 amide bonds. The second-order valence-electron chi connectivity index (χ2n) is 5.49. The summed E-state index contributed by atoms with van der Waals surface area (Å²) in [6.45, 7) is 3.27. The van der Waals surface area contributed by atoms with Crippen molar-refractivity contribution in [2.24, 2.45) is 0 Å². The Morgan fingerprint density at radius 1 is 1.38 bits per heavy atom. The fourth-order valence-electron chi connectivity index (χ4n) is 2.78. The Morgan fingerprint density at radius 2 is 2.12 bits per heavy atom. The quantitative estimate of drug-likeness (QED) is 0.610. The van der Waals surface area contributed by atoms with Crippen LogP contribution >= 0.6 is 0 Å². The van der Waals surface area contributed by atoms with Crippen LogP contribution in [0, 0.1) is 15.9 Å². The summed E-state index contributed by atoms with van der Waals surface area (Å²) < 4.78 is 23.5. The summed E-state index contributed by atoms with van der Waals surface area (Å²) >= 11 is 0. The van der Waals surface area contributed by atoms with Crippen LogP contribution < -0.4 is 9.64 Å². The minimum Gasteiger partial charge on any atom is -0.494 e. The largest absolute Gasteiger partial charge is 0.494 e.